The second kappa shape index (κ2) is 9.70. The molecule has 8 heteroatoms. The minimum Gasteiger partial charge on any atom is -0.293 e. The standard InChI is InChI=1S/C26H20ClN3O2S2/c1-16(17-8-3-2-4-9-17)14-30-25(32)23-22(19-11-7-13-28-24(19)34-23)29-26(30)33-15-21(31)18-10-5-6-12-20(18)27/h2-13,16H,14-15H2,1H3/t16-/m1/s1. The zero-order chi connectivity index (χ0) is 23.7. The van der Waals surface area contributed by atoms with Gasteiger partial charge in [0.05, 0.1) is 16.3 Å². The summed E-state index contributed by atoms with van der Waals surface area (Å²) in [6.07, 6.45) is 1.71. The van der Waals surface area contributed by atoms with E-state index >= 15 is 0 Å². The molecule has 3 heterocycles. The van der Waals surface area contributed by atoms with Crippen molar-refractivity contribution in [1.82, 2.24) is 14.5 Å². The number of aromatic nitrogens is 3. The summed E-state index contributed by atoms with van der Waals surface area (Å²) in [5.74, 6) is 0.107. The van der Waals surface area contributed by atoms with Gasteiger partial charge >= 0.3 is 0 Å². The van der Waals surface area contributed by atoms with Crippen LogP contribution in [0.25, 0.3) is 20.4 Å². The number of nitrogens with zero attached hydrogens (tertiary/aromatic N) is 3. The van der Waals surface area contributed by atoms with Gasteiger partial charge in [0.25, 0.3) is 5.56 Å². The molecule has 0 aliphatic heterocycles. The Bertz CT molecular complexity index is 1560. The average Bonchev–Trinajstić information content (AvgIpc) is 3.24. The number of rotatable bonds is 7. The molecule has 3 aromatic heterocycles. The first kappa shape index (κ1) is 22.8. The largest absolute Gasteiger partial charge is 0.293 e. The Morgan fingerprint density at radius 2 is 1.85 bits per heavy atom. The molecule has 0 spiro atoms. The normalized spacial score (nSPS) is 12.3. The van der Waals surface area contributed by atoms with Crippen molar-refractivity contribution >= 4 is 60.9 Å². The summed E-state index contributed by atoms with van der Waals surface area (Å²) in [5, 5.41) is 1.79. The highest BCUT2D eigenvalue weighted by atomic mass is 35.5. The molecule has 5 rings (SSSR count). The summed E-state index contributed by atoms with van der Waals surface area (Å²) >= 11 is 8.84. The summed E-state index contributed by atoms with van der Waals surface area (Å²) < 4.78 is 2.27. The van der Waals surface area contributed by atoms with E-state index in [4.69, 9.17) is 16.6 Å². The van der Waals surface area contributed by atoms with Crippen molar-refractivity contribution in [3.05, 3.63) is 99.4 Å². The Balaban J connectivity index is 1.57. The highest BCUT2D eigenvalue weighted by Crippen LogP contribution is 2.31. The first-order valence-corrected chi connectivity index (χ1v) is 12.9. The average molecular weight is 506 g/mol. The van der Waals surface area contributed by atoms with Crippen molar-refractivity contribution < 1.29 is 4.79 Å². The third-order valence-electron chi connectivity index (χ3n) is 5.65. The first-order valence-electron chi connectivity index (χ1n) is 10.8. The van der Waals surface area contributed by atoms with E-state index in [1.165, 1.54) is 23.1 Å². The minimum absolute atomic E-state index is 0.0873. The zero-order valence-electron chi connectivity index (χ0n) is 18.3. The minimum atomic E-state index is -0.108. The molecule has 0 aliphatic rings. The van der Waals surface area contributed by atoms with Crippen LogP contribution in [0.2, 0.25) is 5.02 Å². The van der Waals surface area contributed by atoms with Crippen LogP contribution < -0.4 is 5.56 Å². The number of thioether (sulfide) groups is 1. The lowest BCUT2D eigenvalue weighted by molar-refractivity contribution is 0.102. The number of carbonyl (C=O) groups excluding carboxylic acids is 1. The topological polar surface area (TPSA) is 64.8 Å². The predicted molar refractivity (Wildman–Crippen MR) is 141 cm³/mol. The van der Waals surface area contributed by atoms with Crippen molar-refractivity contribution in [1.29, 1.82) is 0 Å². The molecule has 0 N–H and O–H groups in total. The van der Waals surface area contributed by atoms with E-state index in [2.05, 4.69) is 24.0 Å². The van der Waals surface area contributed by atoms with E-state index in [1.807, 2.05) is 30.3 Å². The lowest BCUT2D eigenvalue weighted by Crippen LogP contribution is -2.25. The maximum absolute atomic E-state index is 13.6. The van der Waals surface area contributed by atoms with Gasteiger partial charge in [-0.2, -0.15) is 0 Å². The van der Waals surface area contributed by atoms with E-state index in [1.54, 1.807) is 35.0 Å². The van der Waals surface area contributed by atoms with Gasteiger partial charge in [0.2, 0.25) is 0 Å². The van der Waals surface area contributed by atoms with Gasteiger partial charge in [0.15, 0.2) is 10.9 Å². The lowest BCUT2D eigenvalue weighted by atomic mass is 10.0. The van der Waals surface area contributed by atoms with Gasteiger partial charge in [-0.1, -0.05) is 72.8 Å². The van der Waals surface area contributed by atoms with E-state index in [0.717, 1.165) is 15.8 Å². The van der Waals surface area contributed by atoms with E-state index in [0.29, 0.717) is 32.5 Å². The molecule has 5 nitrogen and oxygen atoms in total. The number of carbonyl (C=O) groups is 1. The summed E-state index contributed by atoms with van der Waals surface area (Å²) in [7, 11) is 0. The Morgan fingerprint density at radius 1 is 1.09 bits per heavy atom. The van der Waals surface area contributed by atoms with Crippen molar-refractivity contribution in [2.75, 3.05) is 5.75 Å². The lowest BCUT2D eigenvalue weighted by Gasteiger charge is -2.17. The van der Waals surface area contributed by atoms with E-state index < -0.39 is 0 Å². The van der Waals surface area contributed by atoms with Gasteiger partial charge < -0.3 is 0 Å². The van der Waals surface area contributed by atoms with Gasteiger partial charge in [0.1, 0.15) is 9.53 Å². The monoisotopic (exact) mass is 505 g/mol. The summed E-state index contributed by atoms with van der Waals surface area (Å²) in [6, 6.07) is 20.8. The number of pyridine rings is 1. The van der Waals surface area contributed by atoms with Crippen LogP contribution in [0.1, 0.15) is 28.8 Å². The molecule has 1 atom stereocenters. The van der Waals surface area contributed by atoms with Crippen molar-refractivity contribution in [3.8, 4) is 0 Å². The molecule has 170 valence electrons. The van der Waals surface area contributed by atoms with Crippen LogP contribution in [0.4, 0.5) is 0 Å². The van der Waals surface area contributed by atoms with Crippen LogP contribution in [0.3, 0.4) is 0 Å². The molecule has 0 radical (unpaired) electrons. The van der Waals surface area contributed by atoms with Crippen molar-refractivity contribution in [2.24, 2.45) is 0 Å². The van der Waals surface area contributed by atoms with Crippen molar-refractivity contribution in [2.45, 2.75) is 24.5 Å². The molecular formula is C26H20ClN3O2S2. The second-order valence-corrected chi connectivity index (χ2v) is 10.3. The van der Waals surface area contributed by atoms with Crippen molar-refractivity contribution in [3.63, 3.8) is 0 Å². The van der Waals surface area contributed by atoms with Gasteiger partial charge in [0, 0.05) is 23.7 Å². The van der Waals surface area contributed by atoms with Crippen LogP contribution in [0.15, 0.2) is 82.9 Å². The zero-order valence-corrected chi connectivity index (χ0v) is 20.7. The van der Waals surface area contributed by atoms with Crippen LogP contribution in [0, 0.1) is 0 Å². The number of fused-ring (bicyclic) bond motifs is 3. The molecule has 0 unspecified atom stereocenters. The van der Waals surface area contributed by atoms with Crippen LogP contribution in [-0.2, 0) is 6.54 Å². The molecule has 2 aromatic carbocycles. The number of hydrogen-bond donors (Lipinski definition) is 0. The van der Waals surface area contributed by atoms with Crippen LogP contribution >= 0.6 is 34.7 Å². The molecule has 0 saturated heterocycles. The third kappa shape index (κ3) is 4.39. The smallest absolute Gasteiger partial charge is 0.272 e. The van der Waals surface area contributed by atoms with E-state index in [9.17, 15) is 9.59 Å². The molecule has 0 bridgehead atoms. The fraction of sp³-hybridized carbons (Fsp3) is 0.154. The van der Waals surface area contributed by atoms with Crippen LogP contribution in [0.5, 0.6) is 0 Å². The first-order chi connectivity index (χ1) is 16.5. The van der Waals surface area contributed by atoms with E-state index in [-0.39, 0.29) is 23.0 Å². The third-order valence-corrected chi connectivity index (χ3v) is 8.05. The fourth-order valence-corrected chi connectivity index (χ4v) is 6.03. The second-order valence-electron chi connectivity index (χ2n) is 7.95. The number of halogens is 1. The number of benzene rings is 2. The summed E-state index contributed by atoms with van der Waals surface area (Å²) in [4.78, 5) is 36.6. The molecule has 0 amide bonds. The predicted octanol–water partition coefficient (Wildman–Crippen LogP) is 6.44. The summed E-state index contributed by atoms with van der Waals surface area (Å²) in [5.41, 5.74) is 2.13. The van der Waals surface area contributed by atoms with Gasteiger partial charge in [-0.25, -0.2) is 9.97 Å². The molecule has 0 fully saturated rings. The SMILES string of the molecule is C[C@H](Cn1c(SCC(=O)c2ccccc2Cl)nc2c(sc3ncccc32)c1=O)c1ccccc1. The molecule has 34 heavy (non-hydrogen) atoms. The molecule has 0 saturated carbocycles. The maximum atomic E-state index is 13.6. The fourth-order valence-electron chi connectivity index (χ4n) is 3.87. The Hall–Kier alpha value is -3.00. The Kier molecular flexibility index (Phi) is 6.50. The van der Waals surface area contributed by atoms with Gasteiger partial charge in [-0.15, -0.1) is 11.3 Å². The Morgan fingerprint density at radius 3 is 2.65 bits per heavy atom. The quantitative estimate of drug-likeness (QED) is 0.145. The highest BCUT2D eigenvalue weighted by molar-refractivity contribution is 7.99. The summed E-state index contributed by atoms with van der Waals surface area (Å²) in [6.45, 7) is 2.54. The Labute approximate surface area is 209 Å². The number of thiophene rings is 1. The van der Waals surface area contributed by atoms with Crippen LogP contribution in [-0.4, -0.2) is 26.1 Å². The maximum Gasteiger partial charge on any atom is 0.272 e. The molecule has 0 aliphatic carbocycles. The highest BCUT2D eigenvalue weighted by Gasteiger charge is 2.20. The molecule has 5 aromatic rings. The van der Waals surface area contributed by atoms with Gasteiger partial charge in [-0.05, 0) is 35.7 Å². The number of hydrogen-bond acceptors (Lipinski definition) is 6. The number of Topliss-reactive ketones (excluding diaryl/α,β-unsaturated/α-hetero) is 1. The van der Waals surface area contributed by atoms with Gasteiger partial charge in [-0.3, -0.25) is 14.2 Å². The molecular weight excluding hydrogens is 486 g/mol. The number of ketones is 1.